The summed E-state index contributed by atoms with van der Waals surface area (Å²) in [6.45, 7) is 0.814. The van der Waals surface area contributed by atoms with Crippen LogP contribution in [0.2, 0.25) is 0 Å². The van der Waals surface area contributed by atoms with Gasteiger partial charge in [0, 0.05) is 31.4 Å². The van der Waals surface area contributed by atoms with E-state index in [1.165, 1.54) is 0 Å². The lowest BCUT2D eigenvalue weighted by molar-refractivity contribution is 0.206. The molecule has 0 aromatic heterocycles. The van der Waals surface area contributed by atoms with Gasteiger partial charge in [-0.25, -0.2) is 13.2 Å². The van der Waals surface area contributed by atoms with E-state index >= 15 is 0 Å². The Labute approximate surface area is 140 Å². The van der Waals surface area contributed by atoms with Crippen LogP contribution in [0.5, 0.6) is 5.75 Å². The van der Waals surface area contributed by atoms with Crippen molar-refractivity contribution in [3.8, 4) is 5.75 Å². The Morgan fingerprint density at radius 2 is 1.14 bits per heavy atom. The molecule has 22 heavy (non-hydrogen) atoms. The molecule has 0 fully saturated rings. The molecule has 0 unspecified atom stereocenters. The van der Waals surface area contributed by atoms with Gasteiger partial charge in [0.05, 0.1) is 0 Å². The molecule has 0 aliphatic carbocycles. The van der Waals surface area contributed by atoms with Crippen LogP contribution in [0.15, 0.2) is 0 Å². The third kappa shape index (κ3) is 5.30. The average molecular weight is 389 g/mol. The number of nitrogens with zero attached hydrogens (tertiary/aromatic N) is 1. The van der Waals surface area contributed by atoms with E-state index in [9.17, 15) is 22.0 Å². The van der Waals surface area contributed by atoms with Crippen LogP contribution in [0.3, 0.4) is 0 Å². The first kappa shape index (κ1) is 21.5. The third-order valence-electron chi connectivity index (χ3n) is 2.62. The molecule has 0 heterocycles. The molecule has 2 nitrogen and oxygen atoms in total. The van der Waals surface area contributed by atoms with E-state index in [4.69, 9.17) is 23.2 Å². The van der Waals surface area contributed by atoms with Crippen LogP contribution in [0.4, 0.5) is 22.0 Å². The summed E-state index contributed by atoms with van der Waals surface area (Å²) in [6, 6.07) is 0. The van der Waals surface area contributed by atoms with Gasteiger partial charge in [-0.15, -0.1) is 35.6 Å². The molecule has 1 aromatic carbocycles. The Morgan fingerprint density at radius 3 is 1.55 bits per heavy atom. The Hall–Kier alpha value is -0.500. The lowest BCUT2D eigenvalue weighted by atomic mass is 10.2. The summed E-state index contributed by atoms with van der Waals surface area (Å²) < 4.78 is 70.0. The maximum absolute atomic E-state index is 13.3. The van der Waals surface area contributed by atoms with Crippen LogP contribution >= 0.6 is 35.6 Å². The number of benzene rings is 1. The number of alkyl halides is 2. The van der Waals surface area contributed by atoms with E-state index in [1.807, 2.05) is 0 Å². The van der Waals surface area contributed by atoms with Crippen LogP contribution in [-0.4, -0.2) is 42.9 Å². The second-order valence-corrected chi connectivity index (χ2v) is 4.72. The first-order chi connectivity index (χ1) is 9.93. The van der Waals surface area contributed by atoms with Crippen molar-refractivity contribution in [3.05, 3.63) is 29.1 Å². The van der Waals surface area contributed by atoms with E-state index in [0.29, 0.717) is 24.8 Å². The Balaban J connectivity index is 0.00000441. The van der Waals surface area contributed by atoms with Gasteiger partial charge in [0.1, 0.15) is 6.61 Å². The van der Waals surface area contributed by atoms with Gasteiger partial charge in [0.15, 0.2) is 5.75 Å². The fraction of sp³-hybridized carbons (Fsp3) is 0.500. The summed E-state index contributed by atoms with van der Waals surface area (Å²) in [5.74, 6) is -11.0. The van der Waals surface area contributed by atoms with Gasteiger partial charge in [0.2, 0.25) is 29.1 Å². The van der Waals surface area contributed by atoms with Crippen molar-refractivity contribution >= 4 is 35.6 Å². The Kier molecular flexibility index (Phi) is 10.1. The molecule has 0 saturated carbocycles. The Bertz CT molecular complexity index is 457. The lowest BCUT2D eigenvalue weighted by Gasteiger charge is -2.20. The van der Waals surface area contributed by atoms with Crippen molar-refractivity contribution in [2.75, 3.05) is 38.0 Å². The summed E-state index contributed by atoms with van der Waals surface area (Å²) >= 11 is 11.1. The molecule has 0 spiro atoms. The van der Waals surface area contributed by atoms with Gasteiger partial charge in [0.25, 0.3) is 0 Å². The molecular weight excluding hydrogens is 375 g/mol. The first-order valence-corrected chi connectivity index (χ1v) is 6.99. The van der Waals surface area contributed by atoms with Gasteiger partial charge in [-0.2, -0.15) is 8.78 Å². The highest BCUT2D eigenvalue weighted by atomic mass is 35.5. The number of halogens is 8. The fourth-order valence-electron chi connectivity index (χ4n) is 1.56. The highest BCUT2D eigenvalue weighted by molar-refractivity contribution is 6.18. The van der Waals surface area contributed by atoms with E-state index in [2.05, 4.69) is 4.74 Å². The minimum Gasteiger partial charge on any atom is -0.486 e. The van der Waals surface area contributed by atoms with Crippen LogP contribution in [0.1, 0.15) is 0 Å². The molecule has 0 amide bonds. The number of ether oxygens (including phenoxy) is 1. The molecule has 0 saturated heterocycles. The molecule has 10 heteroatoms. The van der Waals surface area contributed by atoms with Crippen LogP contribution in [-0.2, 0) is 0 Å². The van der Waals surface area contributed by atoms with Gasteiger partial charge in [-0.1, -0.05) is 0 Å². The second-order valence-electron chi connectivity index (χ2n) is 3.97. The monoisotopic (exact) mass is 387 g/mol. The number of hydrogen-bond acceptors (Lipinski definition) is 2. The molecule has 0 aliphatic heterocycles. The van der Waals surface area contributed by atoms with Crippen LogP contribution in [0.25, 0.3) is 0 Å². The third-order valence-corrected chi connectivity index (χ3v) is 2.96. The van der Waals surface area contributed by atoms with E-state index in [1.54, 1.807) is 4.90 Å². The predicted molar refractivity (Wildman–Crippen MR) is 76.9 cm³/mol. The van der Waals surface area contributed by atoms with E-state index < -0.39 is 34.8 Å². The van der Waals surface area contributed by atoms with Gasteiger partial charge < -0.3 is 4.74 Å². The molecule has 128 valence electrons. The molecule has 0 radical (unpaired) electrons. The van der Waals surface area contributed by atoms with E-state index in [-0.39, 0.29) is 25.6 Å². The van der Waals surface area contributed by atoms with Crippen molar-refractivity contribution in [2.24, 2.45) is 0 Å². The van der Waals surface area contributed by atoms with Crippen molar-refractivity contribution < 1.29 is 26.7 Å². The molecule has 0 N–H and O–H groups in total. The van der Waals surface area contributed by atoms with Gasteiger partial charge in [-0.05, 0) is 0 Å². The predicted octanol–water partition coefficient (Wildman–Crippen LogP) is 3.96. The van der Waals surface area contributed by atoms with Crippen molar-refractivity contribution in [2.45, 2.75) is 0 Å². The lowest BCUT2D eigenvalue weighted by Crippen LogP contribution is -2.32. The topological polar surface area (TPSA) is 12.5 Å². The quantitative estimate of drug-likeness (QED) is 0.289. The molecule has 1 aromatic rings. The number of rotatable bonds is 8. The van der Waals surface area contributed by atoms with Crippen molar-refractivity contribution in [1.29, 1.82) is 0 Å². The minimum absolute atomic E-state index is 0. The Morgan fingerprint density at radius 1 is 0.727 bits per heavy atom. The normalized spacial score (nSPS) is 10.7. The minimum atomic E-state index is -2.22. The average Bonchev–Trinajstić information content (AvgIpc) is 2.47. The van der Waals surface area contributed by atoms with Crippen LogP contribution in [0, 0.1) is 29.1 Å². The SMILES string of the molecule is Cl.Fc1c(F)c(F)c(OCCN(CCCl)CCCl)c(F)c1F. The summed E-state index contributed by atoms with van der Waals surface area (Å²) in [6.07, 6.45) is 0. The fourth-order valence-corrected chi connectivity index (χ4v) is 2.04. The zero-order valence-corrected chi connectivity index (χ0v) is 13.5. The van der Waals surface area contributed by atoms with Crippen molar-refractivity contribution in [1.82, 2.24) is 4.90 Å². The molecule has 0 atom stereocenters. The van der Waals surface area contributed by atoms with Crippen molar-refractivity contribution in [3.63, 3.8) is 0 Å². The zero-order valence-electron chi connectivity index (χ0n) is 11.2. The largest absolute Gasteiger partial charge is 0.486 e. The van der Waals surface area contributed by atoms with E-state index in [0.717, 1.165) is 0 Å². The standard InChI is InChI=1S/C12H12Cl2F5NO.ClH/c13-1-3-20(4-2-14)5-6-21-12-10(18)8(16)7(15)9(17)11(12)19;/h1-6H2;1H. The summed E-state index contributed by atoms with van der Waals surface area (Å²) in [5, 5.41) is 0. The first-order valence-electron chi connectivity index (χ1n) is 5.92. The molecule has 0 aliphatic rings. The van der Waals surface area contributed by atoms with Crippen LogP contribution < -0.4 is 4.74 Å². The maximum atomic E-state index is 13.3. The summed E-state index contributed by atoms with van der Waals surface area (Å²) in [7, 11) is 0. The molecule has 0 bridgehead atoms. The highest BCUT2D eigenvalue weighted by Gasteiger charge is 2.27. The molecular formula is C12H13Cl3F5NO. The van der Waals surface area contributed by atoms with Gasteiger partial charge >= 0.3 is 0 Å². The second kappa shape index (κ2) is 10.3. The maximum Gasteiger partial charge on any atom is 0.206 e. The highest BCUT2D eigenvalue weighted by Crippen LogP contribution is 2.28. The summed E-state index contributed by atoms with van der Waals surface area (Å²) in [5.41, 5.74) is 0. The summed E-state index contributed by atoms with van der Waals surface area (Å²) in [4.78, 5) is 1.73. The smallest absolute Gasteiger partial charge is 0.206 e. The molecule has 1 rings (SSSR count). The zero-order chi connectivity index (χ0) is 16.0. The number of hydrogen-bond donors (Lipinski definition) is 0. The van der Waals surface area contributed by atoms with Gasteiger partial charge in [-0.3, -0.25) is 4.90 Å².